The number of sulfonamides is 1. The Bertz CT molecular complexity index is 1090. The predicted molar refractivity (Wildman–Crippen MR) is 114 cm³/mol. The summed E-state index contributed by atoms with van der Waals surface area (Å²) in [4.78, 5) is 26.3. The third-order valence-corrected chi connectivity index (χ3v) is 7.97. The van der Waals surface area contributed by atoms with Crippen LogP contribution in [0.1, 0.15) is 28.8 Å². The Balaban J connectivity index is 1.67. The van der Waals surface area contributed by atoms with Crippen LogP contribution in [0.4, 0.5) is 10.1 Å². The van der Waals surface area contributed by atoms with E-state index in [2.05, 4.69) is 22.6 Å². The fourth-order valence-electron chi connectivity index (χ4n) is 3.78. The van der Waals surface area contributed by atoms with Crippen molar-refractivity contribution in [2.75, 3.05) is 18.1 Å². The van der Waals surface area contributed by atoms with Gasteiger partial charge in [-0.2, -0.15) is 4.31 Å². The Morgan fingerprint density at radius 1 is 1.10 bits per heavy atom. The lowest BCUT2D eigenvalue weighted by Gasteiger charge is -2.22. The van der Waals surface area contributed by atoms with Crippen molar-refractivity contribution in [3.63, 3.8) is 0 Å². The van der Waals surface area contributed by atoms with Crippen LogP contribution in [0.5, 0.6) is 0 Å². The van der Waals surface area contributed by atoms with Crippen LogP contribution in [0, 0.1) is 3.57 Å². The smallest absolute Gasteiger partial charge is 0.299 e. The van der Waals surface area contributed by atoms with E-state index in [9.17, 15) is 22.4 Å². The first-order chi connectivity index (χ1) is 13.8. The number of hydrogen-bond acceptors (Lipinski definition) is 4. The average Bonchev–Trinajstić information content (AvgIpc) is 3.29. The molecule has 1 amide bonds. The van der Waals surface area contributed by atoms with E-state index in [-0.39, 0.29) is 23.5 Å². The second-order valence-electron chi connectivity index (χ2n) is 7.09. The highest BCUT2D eigenvalue weighted by Crippen LogP contribution is 2.34. The predicted octanol–water partition coefficient (Wildman–Crippen LogP) is 3.14. The van der Waals surface area contributed by atoms with Gasteiger partial charge in [0.15, 0.2) is 0 Å². The van der Waals surface area contributed by atoms with Crippen molar-refractivity contribution in [1.82, 2.24) is 4.31 Å². The van der Waals surface area contributed by atoms with E-state index < -0.39 is 34.4 Å². The van der Waals surface area contributed by atoms with E-state index in [1.54, 1.807) is 0 Å². The summed E-state index contributed by atoms with van der Waals surface area (Å²) < 4.78 is 41.3. The summed E-state index contributed by atoms with van der Waals surface area (Å²) >= 11 is 2.18. The van der Waals surface area contributed by atoms with Gasteiger partial charge in [0.1, 0.15) is 6.67 Å². The van der Waals surface area contributed by atoms with Gasteiger partial charge < -0.3 is 4.90 Å². The van der Waals surface area contributed by atoms with Gasteiger partial charge >= 0.3 is 0 Å². The number of alkyl halides is 1. The Hall–Kier alpha value is -1.85. The Labute approximate surface area is 181 Å². The molecule has 0 radical (unpaired) electrons. The van der Waals surface area contributed by atoms with Crippen molar-refractivity contribution in [3.8, 4) is 0 Å². The first-order valence-electron chi connectivity index (χ1n) is 9.15. The highest BCUT2D eigenvalue weighted by Gasteiger charge is 2.39. The molecule has 2 aliphatic rings. The minimum atomic E-state index is -3.93. The molecule has 1 saturated heterocycles. The highest BCUT2D eigenvalue weighted by molar-refractivity contribution is 14.1. The Morgan fingerprint density at radius 2 is 1.83 bits per heavy atom. The standard InChI is InChI=1S/C20H18FIN2O4S/c21-11-15-2-1-9-24(15)29(27,28)16-7-8-18-17(10-16)19(25)20(26)23(18)12-13-3-5-14(22)6-4-13/h3-8,10,15H,1-2,9,11-12H2/t15-/m0/s1. The molecule has 2 heterocycles. The van der Waals surface area contributed by atoms with Gasteiger partial charge in [-0.25, -0.2) is 12.8 Å². The molecule has 1 atom stereocenters. The zero-order valence-electron chi connectivity index (χ0n) is 15.3. The van der Waals surface area contributed by atoms with Crippen molar-refractivity contribution < 1.29 is 22.4 Å². The number of rotatable bonds is 5. The summed E-state index contributed by atoms with van der Waals surface area (Å²) in [5.74, 6) is -1.41. The minimum absolute atomic E-state index is 0.0672. The summed E-state index contributed by atoms with van der Waals surface area (Å²) in [7, 11) is -3.93. The SMILES string of the molecule is O=C1C(=O)N(Cc2ccc(I)cc2)c2ccc(S(=O)(=O)N3CCC[C@H]3CF)cc21. The molecule has 0 N–H and O–H groups in total. The lowest BCUT2D eigenvalue weighted by atomic mass is 10.1. The van der Waals surface area contributed by atoms with Gasteiger partial charge in [0, 0.05) is 10.1 Å². The van der Waals surface area contributed by atoms with Gasteiger partial charge in [-0.1, -0.05) is 12.1 Å². The largest absolute Gasteiger partial charge is 0.300 e. The van der Waals surface area contributed by atoms with E-state index in [1.165, 1.54) is 23.1 Å². The van der Waals surface area contributed by atoms with Crippen LogP contribution in [0.2, 0.25) is 0 Å². The third kappa shape index (κ3) is 3.59. The highest BCUT2D eigenvalue weighted by atomic mass is 127. The van der Waals surface area contributed by atoms with Crippen LogP contribution >= 0.6 is 22.6 Å². The van der Waals surface area contributed by atoms with E-state index in [4.69, 9.17) is 0 Å². The van der Waals surface area contributed by atoms with Crippen molar-refractivity contribution in [3.05, 3.63) is 57.2 Å². The molecule has 152 valence electrons. The molecule has 0 aromatic heterocycles. The van der Waals surface area contributed by atoms with E-state index in [0.717, 1.165) is 13.4 Å². The van der Waals surface area contributed by atoms with Gasteiger partial charge in [-0.05, 0) is 71.3 Å². The van der Waals surface area contributed by atoms with Gasteiger partial charge in [0.2, 0.25) is 10.0 Å². The second kappa shape index (κ2) is 7.77. The molecule has 1 fully saturated rings. The van der Waals surface area contributed by atoms with Crippen LogP contribution < -0.4 is 4.90 Å². The van der Waals surface area contributed by atoms with Gasteiger partial charge in [-0.3, -0.25) is 9.59 Å². The average molecular weight is 528 g/mol. The molecule has 0 bridgehead atoms. The molecule has 0 spiro atoms. The molecule has 4 rings (SSSR count). The number of carbonyl (C=O) groups excluding carboxylic acids is 2. The molecule has 2 aromatic rings. The zero-order chi connectivity index (χ0) is 20.8. The van der Waals surface area contributed by atoms with Crippen LogP contribution in [0.15, 0.2) is 47.4 Å². The van der Waals surface area contributed by atoms with E-state index in [1.807, 2.05) is 24.3 Å². The normalized spacial score (nSPS) is 19.8. The molecule has 0 aliphatic carbocycles. The fraction of sp³-hybridized carbons (Fsp3) is 0.300. The summed E-state index contributed by atoms with van der Waals surface area (Å²) in [5.41, 5.74) is 1.32. The fourth-order valence-corrected chi connectivity index (χ4v) is 5.85. The van der Waals surface area contributed by atoms with Crippen LogP contribution in [-0.4, -0.2) is 43.7 Å². The Kier molecular flexibility index (Phi) is 5.47. The number of Topliss-reactive ketones (excluding diaryl/α,β-unsaturated/α-hetero) is 1. The maximum atomic E-state index is 13.2. The third-order valence-electron chi connectivity index (χ3n) is 5.30. The summed E-state index contributed by atoms with van der Waals surface area (Å²) in [6.45, 7) is -0.276. The molecule has 0 unspecified atom stereocenters. The maximum absolute atomic E-state index is 13.2. The molecular formula is C20H18FIN2O4S. The van der Waals surface area contributed by atoms with Gasteiger partial charge in [0.05, 0.1) is 28.7 Å². The molecule has 6 nitrogen and oxygen atoms in total. The number of halogens is 2. The molecule has 9 heteroatoms. The summed E-state index contributed by atoms with van der Waals surface area (Å²) in [6, 6.07) is 11.0. The van der Waals surface area contributed by atoms with Crippen molar-refractivity contribution in [2.45, 2.75) is 30.3 Å². The van der Waals surface area contributed by atoms with Crippen LogP contribution in [-0.2, 0) is 21.4 Å². The lowest BCUT2D eigenvalue weighted by Crippen LogP contribution is -2.36. The number of benzene rings is 2. The number of ketones is 1. The summed E-state index contributed by atoms with van der Waals surface area (Å²) in [5, 5.41) is 0. The molecule has 29 heavy (non-hydrogen) atoms. The van der Waals surface area contributed by atoms with E-state index in [0.29, 0.717) is 18.5 Å². The number of hydrogen-bond donors (Lipinski definition) is 0. The van der Waals surface area contributed by atoms with Crippen molar-refractivity contribution in [2.24, 2.45) is 0 Å². The lowest BCUT2D eigenvalue weighted by molar-refractivity contribution is -0.114. The number of fused-ring (bicyclic) bond motifs is 1. The monoisotopic (exact) mass is 528 g/mol. The zero-order valence-corrected chi connectivity index (χ0v) is 18.3. The van der Waals surface area contributed by atoms with Crippen molar-refractivity contribution >= 4 is 50.0 Å². The van der Waals surface area contributed by atoms with E-state index >= 15 is 0 Å². The minimum Gasteiger partial charge on any atom is -0.300 e. The van der Waals surface area contributed by atoms with Gasteiger partial charge in [0.25, 0.3) is 11.7 Å². The first-order valence-corrected chi connectivity index (χ1v) is 11.7. The number of anilines is 1. The summed E-state index contributed by atoms with van der Waals surface area (Å²) in [6.07, 6.45) is 1.07. The number of carbonyl (C=O) groups is 2. The topological polar surface area (TPSA) is 74.8 Å². The number of nitrogens with zero attached hydrogens (tertiary/aromatic N) is 2. The second-order valence-corrected chi connectivity index (χ2v) is 10.2. The molecule has 2 aliphatic heterocycles. The van der Waals surface area contributed by atoms with Crippen molar-refractivity contribution in [1.29, 1.82) is 0 Å². The van der Waals surface area contributed by atoms with Crippen LogP contribution in [0.25, 0.3) is 0 Å². The first kappa shape index (κ1) is 20.4. The molecular weight excluding hydrogens is 510 g/mol. The number of amides is 1. The molecule has 2 aromatic carbocycles. The maximum Gasteiger partial charge on any atom is 0.299 e. The van der Waals surface area contributed by atoms with Crippen LogP contribution in [0.3, 0.4) is 0 Å². The molecule has 0 saturated carbocycles. The quantitative estimate of drug-likeness (QED) is 0.442. The Morgan fingerprint density at radius 3 is 2.52 bits per heavy atom. The van der Waals surface area contributed by atoms with Gasteiger partial charge in [-0.15, -0.1) is 0 Å².